The summed E-state index contributed by atoms with van der Waals surface area (Å²) in [7, 11) is 0. The Hall–Kier alpha value is -1.43. The second-order valence-electron chi connectivity index (χ2n) is 3.19. The van der Waals surface area contributed by atoms with Crippen molar-refractivity contribution < 1.29 is 14.6 Å². The Balaban J connectivity index is 2.26. The highest BCUT2D eigenvalue weighted by molar-refractivity contribution is 5.66. The summed E-state index contributed by atoms with van der Waals surface area (Å²) in [5.41, 5.74) is 1.22. The first-order chi connectivity index (χ1) is 6.72. The molecule has 0 fully saturated rings. The summed E-state index contributed by atoms with van der Waals surface area (Å²) in [5.74, 6) is -0.325. The van der Waals surface area contributed by atoms with E-state index in [1.54, 1.807) is 4.68 Å². The number of esters is 1. The first-order valence-electron chi connectivity index (χ1n) is 4.42. The molecule has 0 bridgehead atoms. The van der Waals surface area contributed by atoms with Crippen LogP contribution in [-0.4, -0.2) is 26.1 Å². The molecule has 6 nitrogen and oxygen atoms in total. The molecule has 0 spiro atoms. The Kier molecular flexibility index (Phi) is 2.20. The van der Waals surface area contributed by atoms with Crippen LogP contribution in [0.15, 0.2) is 0 Å². The first kappa shape index (κ1) is 9.14. The maximum atomic E-state index is 10.8. The van der Waals surface area contributed by atoms with E-state index in [9.17, 15) is 4.79 Å². The van der Waals surface area contributed by atoms with E-state index in [1.807, 2.05) is 0 Å². The van der Waals surface area contributed by atoms with Gasteiger partial charge in [0.25, 0.3) is 0 Å². The quantitative estimate of drug-likeness (QED) is 0.663. The van der Waals surface area contributed by atoms with Crippen LogP contribution in [0.2, 0.25) is 0 Å². The minimum Gasteiger partial charge on any atom is -0.456 e. The third kappa shape index (κ3) is 1.37. The van der Waals surface area contributed by atoms with Gasteiger partial charge < -0.3 is 9.84 Å². The molecule has 14 heavy (non-hydrogen) atoms. The topological polar surface area (TPSA) is 77.2 Å². The van der Waals surface area contributed by atoms with E-state index in [-0.39, 0.29) is 18.7 Å². The van der Waals surface area contributed by atoms with Crippen molar-refractivity contribution in [2.24, 2.45) is 0 Å². The lowest BCUT2D eigenvalue weighted by molar-refractivity contribution is -0.146. The van der Waals surface area contributed by atoms with E-state index in [4.69, 9.17) is 9.84 Å². The zero-order valence-electron chi connectivity index (χ0n) is 7.80. The smallest absolute Gasteiger partial charge is 0.303 e. The molecule has 1 aliphatic heterocycles. The van der Waals surface area contributed by atoms with Gasteiger partial charge in [-0.2, -0.15) is 0 Å². The van der Waals surface area contributed by atoms with Gasteiger partial charge in [0.05, 0.1) is 6.61 Å². The van der Waals surface area contributed by atoms with E-state index >= 15 is 0 Å². The van der Waals surface area contributed by atoms with Crippen molar-refractivity contribution in [1.82, 2.24) is 15.0 Å². The maximum Gasteiger partial charge on any atom is 0.303 e. The number of aliphatic hydroxyl groups is 1. The summed E-state index contributed by atoms with van der Waals surface area (Å²) >= 11 is 0. The molecule has 6 heteroatoms. The van der Waals surface area contributed by atoms with Gasteiger partial charge in [0.2, 0.25) is 0 Å². The van der Waals surface area contributed by atoms with Gasteiger partial charge in [-0.15, -0.1) is 5.10 Å². The second-order valence-corrected chi connectivity index (χ2v) is 3.19. The van der Waals surface area contributed by atoms with E-state index in [1.165, 1.54) is 6.92 Å². The number of hydrogen-bond donors (Lipinski definition) is 1. The number of rotatable bonds is 2. The molecule has 0 saturated heterocycles. The van der Waals surface area contributed by atoms with Crippen molar-refractivity contribution in [2.75, 3.05) is 0 Å². The number of aromatic nitrogens is 3. The van der Waals surface area contributed by atoms with Gasteiger partial charge in [-0.25, -0.2) is 4.68 Å². The molecule has 1 aliphatic rings. The van der Waals surface area contributed by atoms with Gasteiger partial charge in [-0.1, -0.05) is 5.21 Å². The van der Waals surface area contributed by atoms with Crippen molar-refractivity contribution in [3.8, 4) is 0 Å². The molecule has 76 valence electrons. The minimum atomic E-state index is -0.325. The summed E-state index contributed by atoms with van der Waals surface area (Å²) in [5, 5.41) is 16.6. The Morgan fingerprint density at radius 1 is 1.79 bits per heavy atom. The third-order valence-electron chi connectivity index (χ3n) is 2.21. The van der Waals surface area contributed by atoms with Crippen LogP contribution in [0.1, 0.15) is 30.8 Å². The number of hydrogen-bond acceptors (Lipinski definition) is 5. The number of carbonyl (C=O) groups is 1. The molecule has 1 unspecified atom stereocenters. The number of nitrogens with zero attached hydrogens (tertiary/aromatic N) is 3. The average molecular weight is 197 g/mol. The Bertz CT molecular complexity index is 361. The van der Waals surface area contributed by atoms with Crippen LogP contribution in [0.5, 0.6) is 0 Å². The molecule has 0 aromatic carbocycles. The largest absolute Gasteiger partial charge is 0.456 e. The van der Waals surface area contributed by atoms with Crippen molar-refractivity contribution in [3.63, 3.8) is 0 Å². The highest BCUT2D eigenvalue weighted by atomic mass is 16.5. The zero-order valence-corrected chi connectivity index (χ0v) is 7.80. The van der Waals surface area contributed by atoms with Gasteiger partial charge in [0, 0.05) is 19.9 Å². The number of carbonyl (C=O) groups excluding carboxylic acids is 1. The Labute approximate surface area is 80.5 Å². The SMILES string of the molecule is CC(=O)OC1CCn2nnc(CO)c21. The monoisotopic (exact) mass is 197 g/mol. The lowest BCUT2D eigenvalue weighted by Crippen LogP contribution is -2.07. The fourth-order valence-electron chi connectivity index (χ4n) is 1.68. The molecular weight excluding hydrogens is 186 g/mol. The van der Waals surface area contributed by atoms with Gasteiger partial charge in [-0.3, -0.25) is 4.79 Å². The molecular formula is C8H11N3O3. The number of fused-ring (bicyclic) bond motifs is 1. The van der Waals surface area contributed by atoms with Gasteiger partial charge in [0.1, 0.15) is 17.5 Å². The van der Waals surface area contributed by atoms with E-state index < -0.39 is 0 Å². The molecule has 1 aromatic heterocycles. The Morgan fingerprint density at radius 2 is 2.57 bits per heavy atom. The van der Waals surface area contributed by atoms with E-state index in [0.717, 1.165) is 5.69 Å². The molecule has 1 aromatic rings. The van der Waals surface area contributed by atoms with Crippen molar-refractivity contribution >= 4 is 5.97 Å². The lowest BCUT2D eigenvalue weighted by Gasteiger charge is -2.09. The minimum absolute atomic E-state index is 0.174. The molecule has 2 rings (SSSR count). The van der Waals surface area contributed by atoms with Crippen molar-refractivity contribution in [1.29, 1.82) is 0 Å². The third-order valence-corrected chi connectivity index (χ3v) is 2.21. The molecule has 0 amide bonds. The predicted molar refractivity (Wildman–Crippen MR) is 45.1 cm³/mol. The summed E-state index contributed by atoms with van der Waals surface area (Å²) in [4.78, 5) is 10.8. The first-order valence-corrected chi connectivity index (χ1v) is 4.42. The van der Waals surface area contributed by atoms with Crippen LogP contribution in [0.4, 0.5) is 0 Å². The standard InChI is InChI=1S/C8H11N3O3/c1-5(13)14-7-2-3-11-8(7)6(4-12)9-10-11/h7,12H,2-4H2,1H3. The highest BCUT2D eigenvalue weighted by Crippen LogP contribution is 2.30. The van der Waals surface area contributed by atoms with Crippen molar-refractivity contribution in [2.45, 2.75) is 32.6 Å². The normalized spacial score (nSPS) is 19.4. The average Bonchev–Trinajstić information content (AvgIpc) is 2.67. The van der Waals surface area contributed by atoms with Crippen molar-refractivity contribution in [3.05, 3.63) is 11.4 Å². The Morgan fingerprint density at radius 3 is 3.21 bits per heavy atom. The molecule has 2 heterocycles. The van der Waals surface area contributed by atoms with Gasteiger partial charge in [0.15, 0.2) is 0 Å². The molecule has 0 saturated carbocycles. The van der Waals surface area contributed by atoms with Crippen LogP contribution < -0.4 is 0 Å². The van der Waals surface area contributed by atoms with Crippen LogP contribution in [-0.2, 0) is 22.7 Å². The fourth-order valence-corrected chi connectivity index (χ4v) is 1.68. The molecule has 1 N–H and O–H groups in total. The van der Waals surface area contributed by atoms with Crippen LogP contribution >= 0.6 is 0 Å². The lowest BCUT2D eigenvalue weighted by atomic mass is 10.2. The summed E-state index contributed by atoms with van der Waals surface area (Å²) in [6, 6.07) is 0. The fraction of sp³-hybridized carbons (Fsp3) is 0.625. The highest BCUT2D eigenvalue weighted by Gasteiger charge is 2.30. The predicted octanol–water partition coefficient (Wildman–Crippen LogP) is -0.222. The van der Waals surface area contributed by atoms with E-state index in [2.05, 4.69) is 10.3 Å². The number of ether oxygens (including phenoxy) is 1. The number of aliphatic hydroxyl groups excluding tert-OH is 1. The molecule has 1 atom stereocenters. The van der Waals surface area contributed by atoms with Crippen LogP contribution in [0.25, 0.3) is 0 Å². The van der Waals surface area contributed by atoms with Crippen LogP contribution in [0, 0.1) is 0 Å². The zero-order chi connectivity index (χ0) is 10.1. The summed E-state index contributed by atoms with van der Waals surface area (Å²) in [6.45, 7) is 1.87. The van der Waals surface area contributed by atoms with Gasteiger partial charge in [-0.05, 0) is 0 Å². The van der Waals surface area contributed by atoms with Gasteiger partial charge >= 0.3 is 5.97 Å². The summed E-state index contributed by atoms with van der Waals surface area (Å²) in [6.07, 6.45) is 0.405. The second kappa shape index (κ2) is 3.38. The van der Waals surface area contributed by atoms with E-state index in [0.29, 0.717) is 18.7 Å². The number of aryl methyl sites for hydroxylation is 1. The summed E-state index contributed by atoms with van der Waals surface area (Å²) < 4.78 is 6.75. The maximum absolute atomic E-state index is 10.8. The van der Waals surface area contributed by atoms with Crippen LogP contribution in [0.3, 0.4) is 0 Å². The molecule has 0 radical (unpaired) electrons. The molecule has 0 aliphatic carbocycles.